The van der Waals surface area contributed by atoms with Crippen molar-refractivity contribution in [3.05, 3.63) is 59.7 Å². The van der Waals surface area contributed by atoms with Gasteiger partial charge in [0.1, 0.15) is 0 Å². The molecule has 1 aliphatic rings. The van der Waals surface area contributed by atoms with E-state index in [0.717, 1.165) is 0 Å². The van der Waals surface area contributed by atoms with Crippen molar-refractivity contribution in [2.45, 2.75) is 18.9 Å². The van der Waals surface area contributed by atoms with E-state index >= 15 is 0 Å². The maximum atomic E-state index is 3.36. The first kappa shape index (κ1) is 10.2. The molecule has 15 heavy (non-hydrogen) atoms. The summed E-state index contributed by atoms with van der Waals surface area (Å²) in [6.45, 7) is 2.14. The minimum absolute atomic E-state index is 0.414. The van der Waals surface area contributed by atoms with Crippen LogP contribution < -0.4 is 5.32 Å². The molecule has 78 valence electrons. The van der Waals surface area contributed by atoms with Crippen LogP contribution in [0.4, 0.5) is 0 Å². The number of likely N-dealkylation sites (N-methyl/N-ethyl adjacent to an activating group) is 1. The molecule has 0 fully saturated rings. The molecule has 0 amide bonds. The fourth-order valence-electron chi connectivity index (χ4n) is 2.07. The summed E-state index contributed by atoms with van der Waals surface area (Å²) in [6.07, 6.45) is 6.77. The predicted octanol–water partition coefficient (Wildman–Crippen LogP) is 2.87. The van der Waals surface area contributed by atoms with E-state index in [0.29, 0.717) is 12.0 Å². The van der Waals surface area contributed by atoms with Gasteiger partial charge >= 0.3 is 0 Å². The highest BCUT2D eigenvalue weighted by Gasteiger charge is 2.19. The highest BCUT2D eigenvalue weighted by atomic mass is 14.9. The molecule has 1 nitrogen and oxygen atoms in total. The van der Waals surface area contributed by atoms with Gasteiger partial charge in [0.15, 0.2) is 0 Å². The average molecular weight is 199 g/mol. The molecule has 1 N–H and O–H groups in total. The molecule has 2 unspecified atom stereocenters. The Morgan fingerprint density at radius 1 is 1.13 bits per heavy atom. The van der Waals surface area contributed by atoms with E-state index in [-0.39, 0.29) is 0 Å². The van der Waals surface area contributed by atoms with Crippen LogP contribution in [-0.4, -0.2) is 13.1 Å². The van der Waals surface area contributed by atoms with Crippen LogP contribution in [0.1, 0.15) is 18.4 Å². The van der Waals surface area contributed by atoms with Gasteiger partial charge in [0.05, 0.1) is 0 Å². The Labute approximate surface area is 91.5 Å². The lowest BCUT2D eigenvalue weighted by Crippen LogP contribution is -2.30. The zero-order chi connectivity index (χ0) is 10.7. The molecule has 1 aromatic rings. The van der Waals surface area contributed by atoms with Gasteiger partial charge in [0, 0.05) is 12.0 Å². The Morgan fingerprint density at radius 3 is 2.53 bits per heavy atom. The molecule has 2 rings (SSSR count). The molecular formula is C14H17N. The summed E-state index contributed by atoms with van der Waals surface area (Å²) in [4.78, 5) is 0. The monoisotopic (exact) mass is 199 g/mol. The molecule has 0 aromatic heterocycles. The van der Waals surface area contributed by atoms with E-state index in [9.17, 15) is 0 Å². The second-order valence-electron chi connectivity index (χ2n) is 4.02. The molecule has 1 aliphatic carbocycles. The Kier molecular flexibility index (Phi) is 3.02. The van der Waals surface area contributed by atoms with Crippen molar-refractivity contribution >= 4 is 0 Å². The summed E-state index contributed by atoms with van der Waals surface area (Å²) >= 11 is 0. The van der Waals surface area contributed by atoms with Gasteiger partial charge in [-0.2, -0.15) is 0 Å². The van der Waals surface area contributed by atoms with Crippen LogP contribution in [-0.2, 0) is 0 Å². The standard InChI is InChI=1S/C14H17N/c1-11-8-9-13(14(10-11)15-2)12-6-4-3-5-7-12/h3-10,13-15H,1-2H3. The highest BCUT2D eigenvalue weighted by Crippen LogP contribution is 2.26. The van der Waals surface area contributed by atoms with Gasteiger partial charge in [0.2, 0.25) is 0 Å². The minimum Gasteiger partial charge on any atom is -0.313 e. The molecule has 0 heterocycles. The molecule has 0 bridgehead atoms. The number of hydrogen-bond donors (Lipinski definition) is 1. The van der Waals surface area contributed by atoms with Gasteiger partial charge in [-0.3, -0.25) is 0 Å². The first-order valence-electron chi connectivity index (χ1n) is 5.40. The van der Waals surface area contributed by atoms with E-state index in [1.54, 1.807) is 0 Å². The smallest absolute Gasteiger partial charge is 0.0357 e. The largest absolute Gasteiger partial charge is 0.313 e. The number of rotatable bonds is 2. The van der Waals surface area contributed by atoms with Gasteiger partial charge in [-0.15, -0.1) is 0 Å². The molecule has 1 aromatic carbocycles. The van der Waals surface area contributed by atoms with Gasteiger partial charge in [-0.05, 0) is 19.5 Å². The molecule has 0 saturated carbocycles. The zero-order valence-electron chi connectivity index (χ0n) is 9.27. The summed E-state index contributed by atoms with van der Waals surface area (Å²) in [5, 5.41) is 3.36. The number of allylic oxidation sites excluding steroid dienone is 2. The predicted molar refractivity (Wildman–Crippen MR) is 64.9 cm³/mol. The zero-order valence-corrected chi connectivity index (χ0v) is 9.27. The van der Waals surface area contributed by atoms with Gasteiger partial charge < -0.3 is 5.32 Å². The van der Waals surface area contributed by atoms with Crippen molar-refractivity contribution in [1.82, 2.24) is 5.32 Å². The lowest BCUT2D eigenvalue weighted by molar-refractivity contribution is 0.599. The van der Waals surface area contributed by atoms with E-state index in [2.05, 4.69) is 60.8 Å². The first-order chi connectivity index (χ1) is 7.31. The molecule has 2 atom stereocenters. The Hall–Kier alpha value is -1.34. The fourth-order valence-corrected chi connectivity index (χ4v) is 2.07. The van der Waals surface area contributed by atoms with E-state index < -0.39 is 0 Å². The molecule has 0 radical (unpaired) electrons. The van der Waals surface area contributed by atoms with Crippen LogP contribution in [0.5, 0.6) is 0 Å². The SMILES string of the molecule is CNC1C=C(C)C=CC1c1ccccc1. The average Bonchev–Trinajstić information content (AvgIpc) is 2.30. The van der Waals surface area contributed by atoms with Gasteiger partial charge in [-0.25, -0.2) is 0 Å². The minimum atomic E-state index is 0.414. The Balaban J connectivity index is 2.27. The quantitative estimate of drug-likeness (QED) is 0.772. The number of benzene rings is 1. The van der Waals surface area contributed by atoms with Crippen molar-refractivity contribution in [3.8, 4) is 0 Å². The van der Waals surface area contributed by atoms with E-state index in [1.165, 1.54) is 11.1 Å². The summed E-state index contributed by atoms with van der Waals surface area (Å²) < 4.78 is 0. The normalized spacial score (nSPS) is 25.1. The molecule has 0 saturated heterocycles. The second kappa shape index (κ2) is 4.45. The maximum absolute atomic E-state index is 3.36. The van der Waals surface area contributed by atoms with E-state index in [4.69, 9.17) is 0 Å². The molecule has 0 aliphatic heterocycles. The third-order valence-corrected chi connectivity index (χ3v) is 2.91. The second-order valence-corrected chi connectivity index (χ2v) is 4.02. The lowest BCUT2D eigenvalue weighted by atomic mass is 9.86. The molecule has 0 spiro atoms. The summed E-state index contributed by atoms with van der Waals surface area (Å²) in [7, 11) is 2.02. The topological polar surface area (TPSA) is 12.0 Å². The summed E-state index contributed by atoms with van der Waals surface area (Å²) in [5.41, 5.74) is 2.71. The van der Waals surface area contributed by atoms with Crippen molar-refractivity contribution in [3.63, 3.8) is 0 Å². The molecule has 1 heteroatoms. The number of hydrogen-bond acceptors (Lipinski definition) is 1. The van der Waals surface area contributed by atoms with Crippen molar-refractivity contribution in [2.75, 3.05) is 7.05 Å². The van der Waals surface area contributed by atoms with Crippen LogP contribution in [0, 0.1) is 0 Å². The van der Waals surface area contributed by atoms with Crippen LogP contribution in [0.25, 0.3) is 0 Å². The fraction of sp³-hybridized carbons (Fsp3) is 0.286. The van der Waals surface area contributed by atoms with Crippen LogP contribution in [0.2, 0.25) is 0 Å². The van der Waals surface area contributed by atoms with Crippen molar-refractivity contribution < 1.29 is 0 Å². The third-order valence-electron chi connectivity index (χ3n) is 2.91. The summed E-state index contributed by atoms with van der Waals surface area (Å²) in [5.74, 6) is 0.458. The van der Waals surface area contributed by atoms with Crippen LogP contribution >= 0.6 is 0 Å². The first-order valence-corrected chi connectivity index (χ1v) is 5.40. The number of nitrogens with one attached hydrogen (secondary N) is 1. The van der Waals surface area contributed by atoms with Crippen molar-refractivity contribution in [2.24, 2.45) is 0 Å². The van der Waals surface area contributed by atoms with Gasteiger partial charge in [-0.1, -0.05) is 54.1 Å². The molecular weight excluding hydrogens is 182 g/mol. The highest BCUT2D eigenvalue weighted by molar-refractivity contribution is 5.35. The third kappa shape index (κ3) is 2.18. The van der Waals surface area contributed by atoms with Crippen LogP contribution in [0.15, 0.2) is 54.1 Å². The van der Waals surface area contributed by atoms with Gasteiger partial charge in [0.25, 0.3) is 0 Å². The maximum Gasteiger partial charge on any atom is 0.0357 e. The Bertz CT molecular complexity index is 376. The Morgan fingerprint density at radius 2 is 1.87 bits per heavy atom. The summed E-state index contributed by atoms with van der Waals surface area (Å²) in [6, 6.07) is 11.0. The van der Waals surface area contributed by atoms with E-state index in [1.807, 2.05) is 7.05 Å². The van der Waals surface area contributed by atoms with Crippen molar-refractivity contribution in [1.29, 1.82) is 0 Å². The van der Waals surface area contributed by atoms with Crippen LogP contribution in [0.3, 0.4) is 0 Å². The lowest BCUT2D eigenvalue weighted by Gasteiger charge is -2.25.